The van der Waals surface area contributed by atoms with E-state index in [9.17, 15) is 10.1 Å². The molecule has 0 aliphatic carbocycles. The Balaban J connectivity index is 1.56. The average Bonchev–Trinajstić information content (AvgIpc) is 3.37. The van der Waals surface area contributed by atoms with E-state index in [2.05, 4.69) is 33.1 Å². The minimum atomic E-state index is -0.193. The minimum absolute atomic E-state index is 0.193. The Bertz CT molecular complexity index is 1230. The minimum Gasteiger partial charge on any atom is -0.369 e. The highest BCUT2D eigenvalue weighted by Gasteiger charge is 2.12. The highest BCUT2D eigenvalue weighted by molar-refractivity contribution is 7.09. The lowest BCUT2D eigenvalue weighted by Gasteiger charge is -2.14. The molecule has 158 valence electrons. The first-order valence-electron chi connectivity index (χ1n) is 10.2. The number of hydrogen-bond donors (Lipinski definition) is 2. The summed E-state index contributed by atoms with van der Waals surface area (Å²) >= 11 is 1.72. The molecule has 0 bridgehead atoms. The van der Waals surface area contributed by atoms with Crippen molar-refractivity contribution in [2.75, 3.05) is 11.9 Å². The second-order valence-electron chi connectivity index (χ2n) is 7.04. The number of anilines is 1. The second kappa shape index (κ2) is 10.3. The lowest BCUT2D eigenvalue weighted by Crippen LogP contribution is -2.24. The molecule has 7 heteroatoms. The quantitative estimate of drug-likeness (QED) is 0.417. The summed E-state index contributed by atoms with van der Waals surface area (Å²) in [5.74, 6) is 0.500. The van der Waals surface area contributed by atoms with Gasteiger partial charge in [0.1, 0.15) is 5.82 Å². The zero-order valence-corrected chi connectivity index (χ0v) is 18.1. The van der Waals surface area contributed by atoms with E-state index in [4.69, 9.17) is 4.98 Å². The van der Waals surface area contributed by atoms with Gasteiger partial charge in [-0.25, -0.2) is 4.98 Å². The Hall–Kier alpha value is -4.02. The standard InChI is InChI=1S/C25H21N5OS/c26-15-18-5-1-2-8-22(18)23-10-9-19(17-29-25(31)20-6-3-12-27-16-20)24(30-23)28-13-11-21-7-4-14-32-21/h1-10,12,14,16H,11,13,17H2,(H,28,30)(H,29,31). The predicted molar refractivity (Wildman–Crippen MR) is 126 cm³/mol. The smallest absolute Gasteiger partial charge is 0.253 e. The molecule has 4 rings (SSSR count). The summed E-state index contributed by atoms with van der Waals surface area (Å²) in [6.07, 6.45) is 4.05. The van der Waals surface area contributed by atoms with Crippen molar-refractivity contribution in [3.63, 3.8) is 0 Å². The van der Waals surface area contributed by atoms with Crippen LogP contribution in [0.3, 0.4) is 0 Å². The van der Waals surface area contributed by atoms with E-state index in [1.54, 1.807) is 35.7 Å². The average molecular weight is 440 g/mol. The Kier molecular flexibility index (Phi) is 6.85. The molecule has 0 saturated carbocycles. The van der Waals surface area contributed by atoms with E-state index in [0.29, 0.717) is 35.7 Å². The van der Waals surface area contributed by atoms with Gasteiger partial charge in [0.25, 0.3) is 5.91 Å². The molecule has 1 amide bonds. The topological polar surface area (TPSA) is 90.7 Å². The fourth-order valence-corrected chi connectivity index (χ4v) is 3.98. The second-order valence-corrected chi connectivity index (χ2v) is 8.07. The van der Waals surface area contributed by atoms with E-state index in [1.165, 1.54) is 11.1 Å². The molecular weight excluding hydrogens is 418 g/mol. The van der Waals surface area contributed by atoms with Crippen LogP contribution in [-0.2, 0) is 13.0 Å². The fourth-order valence-electron chi connectivity index (χ4n) is 3.27. The number of rotatable bonds is 8. The van der Waals surface area contributed by atoms with Crippen LogP contribution in [0, 0.1) is 11.3 Å². The number of nitrogens with zero attached hydrogens (tertiary/aromatic N) is 3. The third kappa shape index (κ3) is 5.17. The summed E-state index contributed by atoms with van der Waals surface area (Å²) in [7, 11) is 0. The van der Waals surface area contributed by atoms with Gasteiger partial charge in [-0.05, 0) is 42.1 Å². The highest BCUT2D eigenvalue weighted by atomic mass is 32.1. The molecule has 2 N–H and O–H groups in total. The molecule has 0 fully saturated rings. The van der Waals surface area contributed by atoms with Crippen LogP contribution in [0.4, 0.5) is 5.82 Å². The maximum Gasteiger partial charge on any atom is 0.253 e. The van der Waals surface area contributed by atoms with Crippen LogP contribution in [0.15, 0.2) is 78.4 Å². The number of hydrogen-bond acceptors (Lipinski definition) is 6. The normalized spacial score (nSPS) is 10.3. The van der Waals surface area contributed by atoms with Gasteiger partial charge in [0.15, 0.2) is 0 Å². The SMILES string of the molecule is N#Cc1ccccc1-c1ccc(CNC(=O)c2cccnc2)c(NCCc2cccs2)n1. The van der Waals surface area contributed by atoms with Crippen molar-refractivity contribution in [1.82, 2.24) is 15.3 Å². The molecule has 0 radical (unpaired) electrons. The van der Waals surface area contributed by atoms with Crippen LogP contribution in [0.1, 0.15) is 26.4 Å². The van der Waals surface area contributed by atoms with Gasteiger partial charge in [-0.15, -0.1) is 11.3 Å². The van der Waals surface area contributed by atoms with Crippen LogP contribution in [0.5, 0.6) is 0 Å². The lowest BCUT2D eigenvalue weighted by atomic mass is 10.0. The molecule has 0 aliphatic rings. The molecule has 32 heavy (non-hydrogen) atoms. The van der Waals surface area contributed by atoms with Crippen LogP contribution < -0.4 is 10.6 Å². The molecule has 0 atom stereocenters. The van der Waals surface area contributed by atoms with E-state index < -0.39 is 0 Å². The zero-order valence-electron chi connectivity index (χ0n) is 17.3. The van der Waals surface area contributed by atoms with Crippen molar-refractivity contribution < 1.29 is 4.79 Å². The highest BCUT2D eigenvalue weighted by Crippen LogP contribution is 2.25. The summed E-state index contributed by atoms with van der Waals surface area (Å²) in [4.78, 5) is 22.5. The van der Waals surface area contributed by atoms with Crippen molar-refractivity contribution in [1.29, 1.82) is 5.26 Å². The molecule has 6 nitrogen and oxygen atoms in total. The van der Waals surface area contributed by atoms with Crippen LogP contribution in [-0.4, -0.2) is 22.4 Å². The first-order valence-corrected chi connectivity index (χ1v) is 11.1. The first kappa shape index (κ1) is 21.2. The summed E-state index contributed by atoms with van der Waals surface area (Å²) < 4.78 is 0. The number of benzene rings is 1. The summed E-state index contributed by atoms with van der Waals surface area (Å²) in [6, 6.07) is 21.0. The van der Waals surface area contributed by atoms with E-state index in [-0.39, 0.29) is 5.91 Å². The van der Waals surface area contributed by atoms with Gasteiger partial charge in [-0.3, -0.25) is 9.78 Å². The number of thiophene rings is 1. The Morgan fingerprint density at radius 2 is 1.97 bits per heavy atom. The van der Waals surface area contributed by atoms with Crippen molar-refractivity contribution >= 4 is 23.1 Å². The van der Waals surface area contributed by atoms with Gasteiger partial charge in [-0.1, -0.05) is 30.3 Å². The maximum atomic E-state index is 12.4. The van der Waals surface area contributed by atoms with Crippen molar-refractivity contribution in [2.45, 2.75) is 13.0 Å². The zero-order chi connectivity index (χ0) is 22.2. The van der Waals surface area contributed by atoms with Gasteiger partial charge in [0, 0.05) is 41.5 Å². The third-order valence-corrected chi connectivity index (χ3v) is 5.85. The van der Waals surface area contributed by atoms with Gasteiger partial charge in [0.05, 0.1) is 22.9 Å². The van der Waals surface area contributed by atoms with Crippen LogP contribution in [0.2, 0.25) is 0 Å². The summed E-state index contributed by atoms with van der Waals surface area (Å²) in [5.41, 5.74) is 3.44. The van der Waals surface area contributed by atoms with Crippen molar-refractivity contribution in [2.24, 2.45) is 0 Å². The number of pyridine rings is 2. The Labute approximate surface area is 190 Å². The molecular formula is C25H21N5OS. The van der Waals surface area contributed by atoms with E-state index in [0.717, 1.165) is 17.5 Å². The van der Waals surface area contributed by atoms with E-state index >= 15 is 0 Å². The van der Waals surface area contributed by atoms with E-state index in [1.807, 2.05) is 36.4 Å². The first-order chi connectivity index (χ1) is 15.7. The Morgan fingerprint density at radius 1 is 1.06 bits per heavy atom. The van der Waals surface area contributed by atoms with Gasteiger partial charge in [-0.2, -0.15) is 5.26 Å². The number of carbonyl (C=O) groups is 1. The maximum absolute atomic E-state index is 12.4. The van der Waals surface area contributed by atoms with Gasteiger partial charge in [0.2, 0.25) is 0 Å². The number of amides is 1. The number of nitrogens with one attached hydrogen (secondary N) is 2. The van der Waals surface area contributed by atoms with Gasteiger partial charge < -0.3 is 10.6 Å². The molecule has 1 aromatic carbocycles. The largest absolute Gasteiger partial charge is 0.369 e. The number of carbonyl (C=O) groups excluding carboxylic acids is 1. The molecule has 3 aromatic heterocycles. The monoisotopic (exact) mass is 439 g/mol. The molecule has 0 spiro atoms. The molecule has 0 saturated heterocycles. The predicted octanol–water partition coefficient (Wildman–Crippen LogP) is 4.66. The summed E-state index contributed by atoms with van der Waals surface area (Å²) in [6.45, 7) is 1.03. The van der Waals surface area contributed by atoms with Crippen LogP contribution >= 0.6 is 11.3 Å². The van der Waals surface area contributed by atoms with Gasteiger partial charge >= 0.3 is 0 Å². The Morgan fingerprint density at radius 3 is 2.75 bits per heavy atom. The molecule has 3 heterocycles. The number of nitriles is 1. The summed E-state index contributed by atoms with van der Waals surface area (Å²) in [5, 5.41) is 17.9. The molecule has 0 unspecified atom stereocenters. The third-order valence-electron chi connectivity index (χ3n) is 4.91. The fraction of sp³-hybridized carbons (Fsp3) is 0.120. The van der Waals surface area contributed by atoms with Crippen molar-refractivity contribution in [3.8, 4) is 17.3 Å². The molecule has 0 aliphatic heterocycles. The lowest BCUT2D eigenvalue weighted by molar-refractivity contribution is 0.0950. The number of aromatic nitrogens is 2. The van der Waals surface area contributed by atoms with Crippen molar-refractivity contribution in [3.05, 3.63) is 100 Å². The molecule has 4 aromatic rings. The van der Waals surface area contributed by atoms with Crippen LogP contribution in [0.25, 0.3) is 11.3 Å².